The third-order valence-corrected chi connectivity index (χ3v) is 7.31. The molecule has 0 spiro atoms. The molecular weight excluding hydrogens is 465 g/mol. The van der Waals surface area contributed by atoms with Crippen LogP contribution in [0, 0.1) is 0 Å². The number of fused-ring (bicyclic) bond motifs is 3. The van der Waals surface area contributed by atoms with Crippen molar-refractivity contribution in [2.24, 2.45) is 0 Å². The van der Waals surface area contributed by atoms with Crippen LogP contribution in [0.4, 0.5) is 5.69 Å². The molecule has 1 aliphatic heterocycles. The Bertz CT molecular complexity index is 1170. The SMILES string of the molecule is CC1=[N+](CCCCS(=O)(=O)[O-])c2ccc3ccc(OCCCCCC(=O)O)cc3c2C1(C)C.[Na+]. The van der Waals surface area contributed by atoms with Crippen LogP contribution in [0.2, 0.25) is 0 Å². The topological polar surface area (TPSA) is 107 Å². The molecule has 0 fully saturated rings. The first-order valence-electron chi connectivity index (χ1n) is 11.5. The Morgan fingerprint density at radius 2 is 1.79 bits per heavy atom. The zero-order valence-corrected chi connectivity index (χ0v) is 23.4. The summed E-state index contributed by atoms with van der Waals surface area (Å²) in [5.74, 6) is -0.301. The molecule has 0 atom stereocenters. The second-order valence-electron chi connectivity index (χ2n) is 9.23. The van der Waals surface area contributed by atoms with E-state index in [9.17, 15) is 17.8 Å². The molecule has 0 saturated carbocycles. The second-order valence-corrected chi connectivity index (χ2v) is 10.8. The van der Waals surface area contributed by atoms with Gasteiger partial charge in [-0.3, -0.25) is 4.79 Å². The molecule has 0 aliphatic carbocycles. The molecule has 0 unspecified atom stereocenters. The van der Waals surface area contributed by atoms with E-state index in [1.165, 1.54) is 11.3 Å². The van der Waals surface area contributed by atoms with E-state index < -0.39 is 16.1 Å². The molecule has 34 heavy (non-hydrogen) atoms. The predicted octanol–water partition coefficient (Wildman–Crippen LogP) is 1.59. The molecule has 1 heterocycles. The Hall–Kier alpha value is -1.45. The minimum absolute atomic E-state index is 0. The number of carboxylic acid groups (broad SMARTS) is 1. The van der Waals surface area contributed by atoms with Crippen molar-refractivity contribution in [3.8, 4) is 5.75 Å². The smallest absolute Gasteiger partial charge is 0.748 e. The average molecular weight is 499 g/mol. The Morgan fingerprint density at radius 1 is 1.09 bits per heavy atom. The fourth-order valence-corrected chi connectivity index (χ4v) is 5.10. The molecule has 1 aliphatic rings. The van der Waals surface area contributed by atoms with Gasteiger partial charge in [0.1, 0.15) is 12.3 Å². The van der Waals surface area contributed by atoms with Crippen LogP contribution >= 0.6 is 0 Å². The number of ether oxygens (including phenoxy) is 1. The largest absolute Gasteiger partial charge is 1.00 e. The molecule has 0 aromatic heterocycles. The van der Waals surface area contributed by atoms with Crippen LogP contribution in [0.5, 0.6) is 5.75 Å². The maximum Gasteiger partial charge on any atom is 1.00 e. The van der Waals surface area contributed by atoms with E-state index in [-0.39, 0.29) is 47.1 Å². The first kappa shape index (κ1) is 28.8. The van der Waals surface area contributed by atoms with E-state index >= 15 is 0 Å². The number of hydrogen-bond acceptors (Lipinski definition) is 5. The normalized spacial score (nSPS) is 14.7. The van der Waals surface area contributed by atoms with E-state index in [1.807, 2.05) is 6.07 Å². The van der Waals surface area contributed by atoms with Crippen molar-refractivity contribution in [3.05, 3.63) is 35.9 Å². The number of nitrogens with zero attached hydrogens (tertiary/aromatic N) is 1. The summed E-state index contributed by atoms with van der Waals surface area (Å²) in [6, 6.07) is 10.3. The molecule has 2 aromatic carbocycles. The summed E-state index contributed by atoms with van der Waals surface area (Å²) < 4.78 is 40.9. The molecule has 0 radical (unpaired) electrons. The molecule has 180 valence electrons. The Labute approximate surface area is 224 Å². The van der Waals surface area contributed by atoms with Gasteiger partial charge in [0.15, 0.2) is 5.71 Å². The molecule has 1 N–H and O–H groups in total. The van der Waals surface area contributed by atoms with Gasteiger partial charge in [-0.05, 0) is 68.5 Å². The predicted molar refractivity (Wildman–Crippen MR) is 128 cm³/mol. The Balaban J connectivity index is 0.00000408. The van der Waals surface area contributed by atoms with Gasteiger partial charge in [0.05, 0.1) is 22.1 Å². The van der Waals surface area contributed by atoms with Crippen molar-refractivity contribution in [1.82, 2.24) is 0 Å². The quantitative estimate of drug-likeness (QED) is 0.206. The van der Waals surface area contributed by atoms with Gasteiger partial charge in [0.25, 0.3) is 0 Å². The van der Waals surface area contributed by atoms with Crippen LogP contribution in [0.3, 0.4) is 0 Å². The minimum atomic E-state index is -4.18. The first-order valence-corrected chi connectivity index (χ1v) is 13.1. The third-order valence-electron chi connectivity index (χ3n) is 6.53. The first-order chi connectivity index (χ1) is 15.5. The van der Waals surface area contributed by atoms with E-state index in [2.05, 4.69) is 49.6 Å². The summed E-state index contributed by atoms with van der Waals surface area (Å²) in [5, 5.41) is 11.0. The van der Waals surface area contributed by atoms with Crippen molar-refractivity contribution >= 4 is 38.3 Å². The van der Waals surface area contributed by atoms with Crippen molar-refractivity contribution in [1.29, 1.82) is 0 Å². The van der Waals surface area contributed by atoms with Gasteiger partial charge < -0.3 is 14.4 Å². The summed E-state index contributed by atoms with van der Waals surface area (Å²) in [6.07, 6.45) is 3.45. The van der Waals surface area contributed by atoms with Crippen molar-refractivity contribution in [3.63, 3.8) is 0 Å². The van der Waals surface area contributed by atoms with Crippen LogP contribution in [0.1, 0.15) is 64.9 Å². The van der Waals surface area contributed by atoms with Gasteiger partial charge in [-0.15, -0.1) is 0 Å². The van der Waals surface area contributed by atoms with Gasteiger partial charge in [-0.2, -0.15) is 4.58 Å². The van der Waals surface area contributed by atoms with Crippen LogP contribution in [0.25, 0.3) is 10.8 Å². The monoisotopic (exact) mass is 498 g/mol. The fourth-order valence-electron chi connectivity index (χ4n) is 4.54. The molecule has 2 aromatic rings. The number of hydrogen-bond donors (Lipinski definition) is 1. The number of aliphatic carboxylic acids is 1. The van der Waals surface area contributed by atoms with Crippen molar-refractivity contribution in [2.75, 3.05) is 18.9 Å². The zero-order valence-electron chi connectivity index (χ0n) is 20.6. The summed E-state index contributed by atoms with van der Waals surface area (Å²) in [6.45, 7) is 7.70. The van der Waals surface area contributed by atoms with Crippen molar-refractivity contribution < 1.29 is 61.7 Å². The molecular formula is C25H33NNaO6S+. The number of benzene rings is 2. The van der Waals surface area contributed by atoms with Gasteiger partial charge in [-0.1, -0.05) is 6.07 Å². The van der Waals surface area contributed by atoms with E-state index in [4.69, 9.17) is 9.84 Å². The molecule has 0 amide bonds. The number of rotatable bonds is 12. The van der Waals surface area contributed by atoms with Crippen LogP contribution in [-0.2, 0) is 20.3 Å². The maximum absolute atomic E-state index is 10.9. The van der Waals surface area contributed by atoms with Gasteiger partial charge >= 0.3 is 35.5 Å². The average Bonchev–Trinajstić information content (AvgIpc) is 2.93. The van der Waals surface area contributed by atoms with Gasteiger partial charge in [0.2, 0.25) is 5.69 Å². The molecule has 0 bridgehead atoms. The van der Waals surface area contributed by atoms with Crippen LogP contribution in [0.15, 0.2) is 30.3 Å². The second kappa shape index (κ2) is 12.0. The molecule has 9 heteroatoms. The standard InChI is InChI=1S/C25H33NO6S.Na/c1-18-25(2,3)24-21-17-20(32-15-7-4-5-9-23(27)28)12-10-19(21)11-13-22(24)26(18)14-6-8-16-33(29,30)31;/h10-13,17H,4-9,14-16H2,1-3H3,(H-,27,28,29,30,31);/q;+1. The third kappa shape index (κ3) is 7.04. The summed E-state index contributed by atoms with van der Waals surface area (Å²) >= 11 is 0. The number of unbranched alkanes of at least 4 members (excludes halogenated alkanes) is 3. The number of carbonyl (C=O) groups is 1. The number of carboxylic acids is 1. The van der Waals surface area contributed by atoms with Crippen LogP contribution in [-0.4, -0.2) is 53.2 Å². The maximum atomic E-state index is 10.9. The van der Waals surface area contributed by atoms with E-state index in [1.54, 1.807) is 0 Å². The Morgan fingerprint density at radius 3 is 2.47 bits per heavy atom. The summed E-state index contributed by atoms with van der Waals surface area (Å²) in [7, 11) is -4.18. The van der Waals surface area contributed by atoms with Gasteiger partial charge in [-0.25, -0.2) is 8.42 Å². The molecule has 7 nitrogen and oxygen atoms in total. The minimum Gasteiger partial charge on any atom is -0.748 e. The van der Waals surface area contributed by atoms with E-state index in [0.717, 1.165) is 35.1 Å². The zero-order chi connectivity index (χ0) is 24.2. The fraction of sp³-hybridized carbons (Fsp3) is 0.520. The van der Waals surface area contributed by atoms with Crippen molar-refractivity contribution in [2.45, 2.75) is 64.7 Å². The molecule has 0 saturated heterocycles. The summed E-state index contributed by atoms with van der Waals surface area (Å²) in [5.41, 5.74) is 3.33. The van der Waals surface area contributed by atoms with Crippen LogP contribution < -0.4 is 34.3 Å². The molecule has 3 rings (SSSR count). The van der Waals surface area contributed by atoms with Gasteiger partial charge in [0, 0.05) is 37.1 Å². The summed E-state index contributed by atoms with van der Waals surface area (Å²) in [4.78, 5) is 10.6. The Kier molecular flexibility index (Phi) is 10.2. The van der Waals surface area contributed by atoms with E-state index in [0.29, 0.717) is 32.4 Å².